The number of hydrogen-bond acceptors (Lipinski definition) is 3. The fourth-order valence-corrected chi connectivity index (χ4v) is 1.44. The molecule has 0 spiro atoms. The van der Waals surface area contributed by atoms with Crippen molar-refractivity contribution in [3.8, 4) is 11.5 Å². The van der Waals surface area contributed by atoms with Gasteiger partial charge in [0.05, 0.1) is 19.8 Å². The van der Waals surface area contributed by atoms with E-state index in [1.165, 1.54) is 20.3 Å². The maximum Gasteiger partial charge on any atom is 0.300 e. The van der Waals surface area contributed by atoms with Crippen molar-refractivity contribution in [3.05, 3.63) is 22.7 Å². The van der Waals surface area contributed by atoms with Crippen LogP contribution in [0.25, 0.3) is 0 Å². The summed E-state index contributed by atoms with van der Waals surface area (Å²) in [5, 5.41) is 0.127. The summed E-state index contributed by atoms with van der Waals surface area (Å²) < 4.78 is 34.4. The summed E-state index contributed by atoms with van der Waals surface area (Å²) >= 11 is 5.67. The molecular weight excluding hydrogens is 242 g/mol. The summed E-state index contributed by atoms with van der Waals surface area (Å²) in [5.41, 5.74) is -0.290. The first-order chi connectivity index (χ1) is 7.51. The van der Waals surface area contributed by atoms with Crippen molar-refractivity contribution < 1.29 is 23.0 Å². The lowest BCUT2D eigenvalue weighted by Gasteiger charge is -2.12. The Morgan fingerprint density at radius 2 is 1.94 bits per heavy atom. The van der Waals surface area contributed by atoms with Crippen molar-refractivity contribution in [2.75, 3.05) is 14.2 Å². The molecular formula is C10H9ClF2O3. The molecule has 0 radical (unpaired) electrons. The molecule has 0 atom stereocenters. The quantitative estimate of drug-likeness (QED) is 0.771. The van der Waals surface area contributed by atoms with Crippen molar-refractivity contribution in [1.82, 2.24) is 0 Å². The van der Waals surface area contributed by atoms with Gasteiger partial charge in [-0.05, 0) is 6.07 Å². The van der Waals surface area contributed by atoms with E-state index in [2.05, 4.69) is 0 Å². The molecule has 0 saturated heterocycles. The van der Waals surface area contributed by atoms with Gasteiger partial charge in [-0.25, -0.2) is 8.78 Å². The zero-order valence-corrected chi connectivity index (χ0v) is 9.35. The summed E-state index contributed by atoms with van der Waals surface area (Å²) in [5.74, 6) is -1.26. The maximum absolute atomic E-state index is 12.3. The first-order valence-corrected chi connectivity index (χ1v) is 4.63. The van der Waals surface area contributed by atoms with Gasteiger partial charge in [0.2, 0.25) is 5.78 Å². The largest absolute Gasteiger partial charge is 0.493 e. The van der Waals surface area contributed by atoms with E-state index in [1.54, 1.807) is 0 Å². The smallest absolute Gasteiger partial charge is 0.300 e. The summed E-state index contributed by atoms with van der Waals surface area (Å²) in [6, 6.07) is 2.50. The lowest BCUT2D eigenvalue weighted by molar-refractivity contribution is 0.0675. The molecule has 16 heavy (non-hydrogen) atoms. The molecule has 0 aliphatic rings. The molecule has 0 aliphatic carbocycles. The highest BCUT2D eigenvalue weighted by Crippen LogP contribution is 2.35. The third kappa shape index (κ3) is 2.41. The number of alkyl halides is 2. The molecule has 0 bridgehead atoms. The SMILES string of the molecule is COc1cc(Cl)cc(C(=O)C(F)F)c1OC. The van der Waals surface area contributed by atoms with Crippen LogP contribution in [0.1, 0.15) is 10.4 Å². The lowest BCUT2D eigenvalue weighted by atomic mass is 10.1. The van der Waals surface area contributed by atoms with Gasteiger partial charge >= 0.3 is 6.43 Å². The van der Waals surface area contributed by atoms with E-state index in [0.29, 0.717) is 0 Å². The number of methoxy groups -OCH3 is 2. The van der Waals surface area contributed by atoms with Crippen LogP contribution in [-0.4, -0.2) is 26.4 Å². The number of ether oxygens (including phenoxy) is 2. The van der Waals surface area contributed by atoms with Gasteiger partial charge in [-0.15, -0.1) is 0 Å². The number of hydrogen-bond donors (Lipinski definition) is 0. The molecule has 0 aliphatic heterocycles. The van der Waals surface area contributed by atoms with Crippen LogP contribution < -0.4 is 9.47 Å². The molecule has 0 unspecified atom stereocenters. The minimum Gasteiger partial charge on any atom is -0.493 e. The summed E-state index contributed by atoms with van der Waals surface area (Å²) in [6.07, 6.45) is -3.11. The fraction of sp³-hybridized carbons (Fsp3) is 0.300. The second-order valence-corrected chi connectivity index (χ2v) is 3.29. The van der Waals surface area contributed by atoms with Gasteiger partial charge in [0.25, 0.3) is 0 Å². The van der Waals surface area contributed by atoms with E-state index in [9.17, 15) is 13.6 Å². The predicted octanol–water partition coefficient (Wildman–Crippen LogP) is 2.81. The Morgan fingerprint density at radius 1 is 1.31 bits per heavy atom. The Morgan fingerprint density at radius 3 is 2.38 bits per heavy atom. The zero-order valence-electron chi connectivity index (χ0n) is 8.59. The van der Waals surface area contributed by atoms with Crippen LogP contribution >= 0.6 is 11.6 Å². The van der Waals surface area contributed by atoms with Crippen molar-refractivity contribution in [2.45, 2.75) is 6.43 Å². The number of benzene rings is 1. The minimum absolute atomic E-state index is 0.0443. The van der Waals surface area contributed by atoms with Gasteiger partial charge in [0, 0.05) is 11.1 Å². The van der Waals surface area contributed by atoms with Crippen LogP contribution in [-0.2, 0) is 0 Å². The van der Waals surface area contributed by atoms with Crippen LogP contribution in [0.5, 0.6) is 11.5 Å². The third-order valence-corrected chi connectivity index (χ3v) is 2.13. The average molecular weight is 251 g/mol. The Kier molecular flexibility index (Phi) is 4.06. The van der Waals surface area contributed by atoms with Crippen LogP contribution in [0.2, 0.25) is 5.02 Å². The molecule has 88 valence electrons. The minimum atomic E-state index is -3.11. The van der Waals surface area contributed by atoms with E-state index in [1.807, 2.05) is 0 Å². The van der Waals surface area contributed by atoms with Crippen LogP contribution in [0.4, 0.5) is 8.78 Å². The molecule has 1 rings (SSSR count). The predicted molar refractivity (Wildman–Crippen MR) is 54.9 cm³/mol. The zero-order chi connectivity index (χ0) is 12.3. The standard InChI is InChI=1S/C10H9ClF2O3/c1-15-7-4-5(11)3-6(9(7)16-2)8(14)10(12)13/h3-4,10H,1-2H3. The van der Waals surface area contributed by atoms with E-state index in [0.717, 1.165) is 6.07 Å². The lowest BCUT2D eigenvalue weighted by Crippen LogP contribution is -2.12. The van der Waals surface area contributed by atoms with Gasteiger partial charge in [-0.1, -0.05) is 11.6 Å². The molecule has 3 nitrogen and oxygen atoms in total. The Labute approximate surface area is 95.9 Å². The van der Waals surface area contributed by atoms with E-state index < -0.39 is 12.2 Å². The van der Waals surface area contributed by atoms with Crippen LogP contribution in [0.15, 0.2) is 12.1 Å². The van der Waals surface area contributed by atoms with Gasteiger partial charge in [-0.2, -0.15) is 0 Å². The molecule has 0 saturated carbocycles. The van der Waals surface area contributed by atoms with Gasteiger partial charge in [0.15, 0.2) is 11.5 Å². The van der Waals surface area contributed by atoms with Gasteiger partial charge in [-0.3, -0.25) is 4.79 Å². The number of rotatable bonds is 4. The molecule has 0 fully saturated rings. The van der Waals surface area contributed by atoms with Crippen LogP contribution in [0.3, 0.4) is 0 Å². The third-order valence-electron chi connectivity index (χ3n) is 1.91. The number of Topliss-reactive ketones (excluding diaryl/α,β-unsaturated/α-hetero) is 1. The molecule has 0 amide bonds. The molecule has 6 heteroatoms. The summed E-state index contributed by atoms with van der Waals surface area (Å²) in [6.45, 7) is 0. The van der Waals surface area contributed by atoms with Gasteiger partial charge in [0.1, 0.15) is 0 Å². The first-order valence-electron chi connectivity index (χ1n) is 4.25. The first kappa shape index (κ1) is 12.7. The highest BCUT2D eigenvalue weighted by atomic mass is 35.5. The Bertz CT molecular complexity index is 407. The van der Waals surface area contributed by atoms with Crippen molar-refractivity contribution in [3.63, 3.8) is 0 Å². The number of carbonyl (C=O) groups excluding carboxylic acids is 1. The molecule has 0 N–H and O–H groups in total. The second kappa shape index (κ2) is 5.12. The van der Waals surface area contributed by atoms with Crippen molar-refractivity contribution >= 4 is 17.4 Å². The molecule has 0 aromatic heterocycles. The van der Waals surface area contributed by atoms with Gasteiger partial charge < -0.3 is 9.47 Å². The topological polar surface area (TPSA) is 35.5 Å². The number of halogens is 3. The highest BCUT2D eigenvalue weighted by molar-refractivity contribution is 6.31. The van der Waals surface area contributed by atoms with E-state index in [4.69, 9.17) is 21.1 Å². The monoisotopic (exact) mass is 250 g/mol. The normalized spacial score (nSPS) is 10.4. The average Bonchev–Trinajstić information content (AvgIpc) is 2.26. The van der Waals surface area contributed by atoms with Crippen molar-refractivity contribution in [1.29, 1.82) is 0 Å². The van der Waals surface area contributed by atoms with E-state index >= 15 is 0 Å². The molecule has 1 aromatic carbocycles. The fourth-order valence-electron chi connectivity index (χ4n) is 1.23. The Hall–Kier alpha value is -1.36. The maximum atomic E-state index is 12.3. The molecule has 1 aromatic rings. The molecule has 0 heterocycles. The van der Waals surface area contributed by atoms with Crippen molar-refractivity contribution in [2.24, 2.45) is 0 Å². The second-order valence-electron chi connectivity index (χ2n) is 2.85. The summed E-state index contributed by atoms with van der Waals surface area (Å²) in [4.78, 5) is 11.2. The van der Waals surface area contributed by atoms with Crippen LogP contribution in [0, 0.1) is 0 Å². The summed E-state index contributed by atoms with van der Waals surface area (Å²) in [7, 11) is 2.58. The number of carbonyl (C=O) groups is 1. The number of ketones is 1. The Balaban J connectivity index is 3.36. The van der Waals surface area contributed by atoms with E-state index in [-0.39, 0.29) is 22.1 Å². The highest BCUT2D eigenvalue weighted by Gasteiger charge is 2.24.